The van der Waals surface area contributed by atoms with Crippen molar-refractivity contribution in [3.8, 4) is 11.1 Å². The molecule has 1 atom stereocenters. The Morgan fingerprint density at radius 2 is 1.79 bits per heavy atom. The molecule has 1 aliphatic heterocycles. The van der Waals surface area contributed by atoms with E-state index in [1.54, 1.807) is 12.1 Å². The number of pyridine rings is 1. The van der Waals surface area contributed by atoms with E-state index >= 15 is 0 Å². The van der Waals surface area contributed by atoms with E-state index in [4.69, 9.17) is 23.2 Å². The third-order valence-corrected chi connectivity index (χ3v) is 6.53. The summed E-state index contributed by atoms with van der Waals surface area (Å²) in [4.78, 5) is 29.1. The molecular formula is C27H21Cl2N3O2. The van der Waals surface area contributed by atoms with E-state index in [1.807, 2.05) is 67.6 Å². The summed E-state index contributed by atoms with van der Waals surface area (Å²) < 4.78 is 0. The van der Waals surface area contributed by atoms with Crippen LogP contribution >= 0.6 is 23.2 Å². The molecule has 5 nitrogen and oxygen atoms in total. The Labute approximate surface area is 206 Å². The number of fused-ring (bicyclic) bond motifs is 1. The Bertz CT molecular complexity index is 1480. The van der Waals surface area contributed by atoms with Crippen LogP contribution in [0, 0.1) is 6.92 Å². The van der Waals surface area contributed by atoms with Crippen molar-refractivity contribution in [3.63, 3.8) is 0 Å². The van der Waals surface area contributed by atoms with E-state index in [2.05, 4.69) is 10.1 Å². The predicted molar refractivity (Wildman–Crippen MR) is 138 cm³/mol. The molecule has 7 heteroatoms. The third-order valence-electron chi connectivity index (χ3n) is 6.07. The van der Waals surface area contributed by atoms with Crippen molar-refractivity contribution in [1.82, 2.24) is 9.99 Å². The van der Waals surface area contributed by atoms with Crippen molar-refractivity contribution in [2.24, 2.45) is 5.10 Å². The summed E-state index contributed by atoms with van der Waals surface area (Å²) in [5.41, 5.74) is 5.04. The van der Waals surface area contributed by atoms with Crippen molar-refractivity contribution in [1.29, 1.82) is 0 Å². The number of aryl methyl sites for hydroxylation is 1. The fraction of sp³-hybridized carbons (Fsp3) is 0.148. The molecule has 0 saturated carbocycles. The normalized spacial score (nSPS) is 15.6. The molecule has 0 bridgehead atoms. The number of amides is 1. The fourth-order valence-corrected chi connectivity index (χ4v) is 4.74. The summed E-state index contributed by atoms with van der Waals surface area (Å²) in [6.45, 7) is 2.01. The molecule has 0 aliphatic carbocycles. The number of carbonyl (C=O) groups is 1. The molecule has 1 aliphatic rings. The van der Waals surface area contributed by atoms with E-state index in [-0.39, 0.29) is 23.4 Å². The van der Waals surface area contributed by atoms with Crippen LogP contribution in [0.25, 0.3) is 22.0 Å². The molecule has 1 aromatic heterocycles. The second-order valence-electron chi connectivity index (χ2n) is 8.31. The van der Waals surface area contributed by atoms with Crippen molar-refractivity contribution in [2.75, 3.05) is 5.88 Å². The molecule has 3 aromatic carbocycles. The van der Waals surface area contributed by atoms with Gasteiger partial charge in [-0.3, -0.25) is 9.59 Å². The highest BCUT2D eigenvalue weighted by Gasteiger charge is 2.35. The minimum absolute atomic E-state index is 0.200. The van der Waals surface area contributed by atoms with Crippen LogP contribution in [0.4, 0.5) is 0 Å². The van der Waals surface area contributed by atoms with Crippen LogP contribution in [0.3, 0.4) is 0 Å². The number of hydrogen-bond donors (Lipinski definition) is 1. The Balaban J connectivity index is 1.74. The number of rotatable bonds is 4. The van der Waals surface area contributed by atoms with Gasteiger partial charge in [-0.15, -0.1) is 11.6 Å². The smallest absolute Gasteiger partial charge is 0.258 e. The first-order valence-corrected chi connectivity index (χ1v) is 11.8. The summed E-state index contributed by atoms with van der Waals surface area (Å²) in [5.74, 6) is -0.516. The lowest BCUT2D eigenvalue weighted by Gasteiger charge is -2.21. The second-order valence-corrected chi connectivity index (χ2v) is 9.01. The molecule has 0 spiro atoms. The Morgan fingerprint density at radius 3 is 2.50 bits per heavy atom. The van der Waals surface area contributed by atoms with E-state index < -0.39 is 0 Å². The number of benzene rings is 3. The number of H-pyrrole nitrogens is 1. The fourth-order valence-electron chi connectivity index (χ4n) is 4.45. The van der Waals surface area contributed by atoms with Gasteiger partial charge in [-0.05, 0) is 36.2 Å². The van der Waals surface area contributed by atoms with E-state index in [1.165, 1.54) is 5.01 Å². The van der Waals surface area contributed by atoms with E-state index in [0.29, 0.717) is 28.2 Å². The molecule has 0 radical (unpaired) electrons. The van der Waals surface area contributed by atoms with Gasteiger partial charge in [0.15, 0.2) is 0 Å². The Hall–Kier alpha value is -3.41. The third kappa shape index (κ3) is 4.02. The zero-order valence-electron chi connectivity index (χ0n) is 18.4. The molecule has 2 heterocycles. The molecule has 0 fully saturated rings. The number of nitrogens with one attached hydrogen (secondary N) is 1. The summed E-state index contributed by atoms with van der Waals surface area (Å²) >= 11 is 12.3. The van der Waals surface area contributed by atoms with Crippen molar-refractivity contribution < 1.29 is 4.79 Å². The van der Waals surface area contributed by atoms with Gasteiger partial charge in [0, 0.05) is 27.9 Å². The molecular weight excluding hydrogens is 469 g/mol. The molecule has 34 heavy (non-hydrogen) atoms. The Kier molecular flexibility index (Phi) is 5.98. The average molecular weight is 490 g/mol. The number of halogens is 2. The topological polar surface area (TPSA) is 65.5 Å². The highest BCUT2D eigenvalue weighted by atomic mass is 35.5. The lowest BCUT2D eigenvalue weighted by molar-refractivity contribution is -0.130. The standard InChI is InChI=1S/C27H21Cl2N3O2/c1-16-7-9-17(10-8-16)23-14-22(31-32(23)24(33)15-28)26-25(18-5-3-2-4-6-18)20-13-19(29)11-12-21(20)30-27(26)34/h2-13,23H,14-15H2,1H3,(H,30,34)/t23-/m0/s1. The van der Waals surface area contributed by atoms with Gasteiger partial charge < -0.3 is 4.98 Å². The molecule has 5 rings (SSSR count). The zero-order chi connectivity index (χ0) is 23.8. The summed E-state index contributed by atoms with van der Waals surface area (Å²) in [6.07, 6.45) is 0.390. The van der Waals surface area contributed by atoms with Crippen molar-refractivity contribution in [3.05, 3.63) is 105 Å². The van der Waals surface area contributed by atoms with Crippen LogP contribution < -0.4 is 5.56 Å². The van der Waals surface area contributed by atoms with Gasteiger partial charge in [-0.1, -0.05) is 71.8 Å². The lowest BCUT2D eigenvalue weighted by atomic mass is 9.91. The van der Waals surface area contributed by atoms with Crippen LogP contribution in [0.5, 0.6) is 0 Å². The van der Waals surface area contributed by atoms with Gasteiger partial charge in [-0.2, -0.15) is 5.10 Å². The minimum atomic E-state index is -0.347. The maximum atomic E-state index is 13.4. The largest absolute Gasteiger partial charge is 0.321 e. The van der Waals surface area contributed by atoms with E-state index in [0.717, 1.165) is 27.6 Å². The summed E-state index contributed by atoms with van der Waals surface area (Å²) in [7, 11) is 0. The highest BCUT2D eigenvalue weighted by molar-refractivity contribution is 6.31. The average Bonchev–Trinajstić information content (AvgIpc) is 3.29. The van der Waals surface area contributed by atoms with Gasteiger partial charge >= 0.3 is 0 Å². The van der Waals surface area contributed by atoms with Gasteiger partial charge in [0.2, 0.25) is 0 Å². The summed E-state index contributed by atoms with van der Waals surface area (Å²) in [5, 5.41) is 7.43. The molecule has 1 amide bonds. The number of nitrogens with zero attached hydrogens (tertiary/aromatic N) is 2. The van der Waals surface area contributed by atoms with Crippen LogP contribution in [0.15, 0.2) is 82.7 Å². The highest BCUT2D eigenvalue weighted by Crippen LogP contribution is 2.37. The van der Waals surface area contributed by atoms with Gasteiger partial charge in [-0.25, -0.2) is 5.01 Å². The maximum Gasteiger partial charge on any atom is 0.258 e. The van der Waals surface area contributed by atoms with Crippen LogP contribution in [0.2, 0.25) is 5.02 Å². The number of aromatic nitrogens is 1. The van der Waals surface area contributed by atoms with Gasteiger partial charge in [0.25, 0.3) is 11.5 Å². The van der Waals surface area contributed by atoms with Crippen LogP contribution in [-0.2, 0) is 4.79 Å². The first-order chi connectivity index (χ1) is 16.5. The number of hydrazone groups is 1. The van der Waals surface area contributed by atoms with Gasteiger partial charge in [0.1, 0.15) is 5.88 Å². The van der Waals surface area contributed by atoms with E-state index in [9.17, 15) is 9.59 Å². The molecule has 0 saturated heterocycles. The number of alkyl halides is 1. The number of aromatic amines is 1. The number of hydrogen-bond acceptors (Lipinski definition) is 3. The van der Waals surface area contributed by atoms with Crippen molar-refractivity contribution in [2.45, 2.75) is 19.4 Å². The van der Waals surface area contributed by atoms with Crippen molar-refractivity contribution >= 4 is 45.7 Å². The van der Waals surface area contributed by atoms with Crippen LogP contribution in [0.1, 0.15) is 29.2 Å². The quantitative estimate of drug-likeness (QED) is 0.353. The predicted octanol–water partition coefficient (Wildman–Crippen LogP) is 6.07. The summed E-state index contributed by atoms with van der Waals surface area (Å²) in [6, 6.07) is 22.7. The Morgan fingerprint density at radius 1 is 1.06 bits per heavy atom. The maximum absolute atomic E-state index is 13.4. The van der Waals surface area contributed by atoms with Gasteiger partial charge in [0.05, 0.1) is 17.3 Å². The SMILES string of the molecule is Cc1ccc([C@@H]2CC(c3c(-c4ccccc4)c4cc(Cl)ccc4[nH]c3=O)=NN2C(=O)CCl)cc1. The molecule has 1 N–H and O–H groups in total. The molecule has 4 aromatic rings. The number of carbonyl (C=O) groups excluding carboxylic acids is 1. The van der Waals surface area contributed by atoms with Crippen LogP contribution in [-0.4, -0.2) is 27.5 Å². The first-order valence-electron chi connectivity index (χ1n) is 10.9. The lowest BCUT2D eigenvalue weighted by Crippen LogP contribution is -2.27. The zero-order valence-corrected chi connectivity index (χ0v) is 19.9. The second kappa shape index (κ2) is 9.09. The first kappa shape index (κ1) is 22.4. The minimum Gasteiger partial charge on any atom is -0.321 e. The molecule has 0 unspecified atom stereocenters. The molecule has 170 valence electrons. The monoisotopic (exact) mass is 489 g/mol.